The Morgan fingerprint density at radius 2 is 1.79 bits per heavy atom. The standard InChI is InChI=1S/C18H21N3O2.ClH/c1-18(11-19,15-6-7-15)21-17(23)13-4-2-12(3-5-13)16(22)14-8-9-20-10-14;/h2-5,8-10,15,20H,6-7,11,19H2,1H3,(H,21,23);1H. The molecule has 1 fully saturated rings. The fraction of sp³-hybridized carbons (Fsp3) is 0.333. The fourth-order valence-corrected chi connectivity index (χ4v) is 2.78. The second kappa shape index (κ2) is 7.20. The topological polar surface area (TPSA) is 88.0 Å². The zero-order valence-electron chi connectivity index (χ0n) is 13.5. The molecular formula is C18H22ClN3O2. The van der Waals surface area contributed by atoms with Gasteiger partial charge in [0.1, 0.15) is 0 Å². The molecule has 128 valence electrons. The summed E-state index contributed by atoms with van der Waals surface area (Å²) in [5.41, 5.74) is 7.18. The largest absolute Gasteiger partial charge is 0.367 e. The number of ketones is 1. The molecule has 1 amide bonds. The van der Waals surface area contributed by atoms with Crippen LogP contribution >= 0.6 is 12.4 Å². The van der Waals surface area contributed by atoms with Crippen LogP contribution in [0.1, 0.15) is 46.0 Å². The van der Waals surface area contributed by atoms with Gasteiger partial charge in [-0.3, -0.25) is 9.59 Å². The molecule has 0 bridgehead atoms. The molecule has 1 aliphatic carbocycles. The van der Waals surface area contributed by atoms with Gasteiger partial charge in [0.2, 0.25) is 0 Å². The minimum atomic E-state index is -0.350. The number of carbonyl (C=O) groups is 2. The van der Waals surface area contributed by atoms with Crippen LogP contribution in [0.3, 0.4) is 0 Å². The summed E-state index contributed by atoms with van der Waals surface area (Å²) in [6, 6.07) is 8.45. The Balaban J connectivity index is 0.00000208. The lowest BCUT2D eigenvalue weighted by Gasteiger charge is -2.29. The van der Waals surface area contributed by atoms with Crippen LogP contribution in [0, 0.1) is 5.92 Å². The number of benzene rings is 1. The predicted octanol–water partition coefficient (Wildman–Crippen LogP) is 2.52. The van der Waals surface area contributed by atoms with E-state index in [0.717, 1.165) is 12.8 Å². The Bertz CT molecular complexity index is 708. The van der Waals surface area contributed by atoms with E-state index in [1.165, 1.54) is 0 Å². The van der Waals surface area contributed by atoms with Gasteiger partial charge in [-0.15, -0.1) is 12.4 Å². The molecule has 3 rings (SSSR count). The maximum absolute atomic E-state index is 12.4. The van der Waals surface area contributed by atoms with Crippen molar-refractivity contribution in [3.8, 4) is 0 Å². The summed E-state index contributed by atoms with van der Waals surface area (Å²) in [4.78, 5) is 27.5. The fourth-order valence-electron chi connectivity index (χ4n) is 2.78. The third-order valence-electron chi connectivity index (χ3n) is 4.57. The van der Waals surface area contributed by atoms with Crippen molar-refractivity contribution in [3.63, 3.8) is 0 Å². The molecule has 1 atom stereocenters. The van der Waals surface area contributed by atoms with Gasteiger partial charge in [0.05, 0.1) is 5.54 Å². The first-order valence-corrected chi connectivity index (χ1v) is 7.83. The molecule has 1 aromatic heterocycles. The Morgan fingerprint density at radius 3 is 2.29 bits per heavy atom. The highest BCUT2D eigenvalue weighted by atomic mass is 35.5. The third kappa shape index (κ3) is 3.68. The van der Waals surface area contributed by atoms with Gasteiger partial charge < -0.3 is 16.0 Å². The Morgan fingerprint density at radius 1 is 1.17 bits per heavy atom. The van der Waals surface area contributed by atoms with E-state index in [2.05, 4.69) is 10.3 Å². The van der Waals surface area contributed by atoms with Gasteiger partial charge in [-0.1, -0.05) is 12.1 Å². The van der Waals surface area contributed by atoms with Crippen molar-refractivity contribution in [2.75, 3.05) is 6.54 Å². The van der Waals surface area contributed by atoms with Gasteiger partial charge in [-0.05, 0) is 43.9 Å². The molecule has 1 unspecified atom stereocenters. The maximum Gasteiger partial charge on any atom is 0.251 e. The number of H-pyrrole nitrogens is 1. The number of amides is 1. The summed E-state index contributed by atoms with van der Waals surface area (Å²) in [5.74, 6) is 0.249. The first-order chi connectivity index (χ1) is 11.0. The van der Waals surface area contributed by atoms with Crippen LogP contribution < -0.4 is 11.1 Å². The molecule has 0 radical (unpaired) electrons. The molecule has 2 aromatic rings. The van der Waals surface area contributed by atoms with Gasteiger partial charge in [0.25, 0.3) is 5.91 Å². The molecule has 24 heavy (non-hydrogen) atoms. The Hall–Kier alpha value is -2.11. The number of hydrogen-bond acceptors (Lipinski definition) is 3. The van der Waals surface area contributed by atoms with E-state index in [0.29, 0.717) is 29.2 Å². The van der Waals surface area contributed by atoms with Crippen LogP contribution in [-0.2, 0) is 0 Å². The first kappa shape index (κ1) is 18.2. The van der Waals surface area contributed by atoms with Crippen molar-refractivity contribution in [3.05, 3.63) is 59.4 Å². The van der Waals surface area contributed by atoms with Gasteiger partial charge in [0, 0.05) is 35.6 Å². The molecule has 6 heteroatoms. The molecule has 1 aromatic carbocycles. The van der Waals surface area contributed by atoms with Gasteiger partial charge in [0.15, 0.2) is 5.78 Å². The Labute approximate surface area is 147 Å². The number of aromatic nitrogens is 1. The van der Waals surface area contributed by atoms with E-state index in [-0.39, 0.29) is 29.6 Å². The second-order valence-electron chi connectivity index (χ2n) is 6.36. The average Bonchev–Trinajstić information content (AvgIpc) is 3.30. The first-order valence-electron chi connectivity index (χ1n) is 7.83. The minimum absolute atomic E-state index is 0. The van der Waals surface area contributed by atoms with E-state index in [1.54, 1.807) is 42.7 Å². The smallest absolute Gasteiger partial charge is 0.251 e. The third-order valence-corrected chi connectivity index (χ3v) is 4.57. The maximum atomic E-state index is 12.4. The van der Waals surface area contributed by atoms with Crippen molar-refractivity contribution in [2.45, 2.75) is 25.3 Å². The van der Waals surface area contributed by atoms with E-state index < -0.39 is 0 Å². The van der Waals surface area contributed by atoms with Crippen LogP contribution in [0.15, 0.2) is 42.7 Å². The van der Waals surface area contributed by atoms with Crippen LogP contribution in [0.2, 0.25) is 0 Å². The van der Waals surface area contributed by atoms with Crippen molar-refractivity contribution in [2.24, 2.45) is 11.7 Å². The lowest BCUT2D eigenvalue weighted by molar-refractivity contribution is 0.0897. The van der Waals surface area contributed by atoms with Crippen LogP contribution in [0.5, 0.6) is 0 Å². The summed E-state index contributed by atoms with van der Waals surface area (Å²) in [7, 11) is 0. The molecule has 1 heterocycles. The zero-order chi connectivity index (χ0) is 16.4. The van der Waals surface area contributed by atoms with Crippen molar-refractivity contribution < 1.29 is 9.59 Å². The van der Waals surface area contributed by atoms with Gasteiger partial charge in [-0.2, -0.15) is 0 Å². The number of rotatable bonds is 6. The van der Waals surface area contributed by atoms with E-state index in [4.69, 9.17) is 5.73 Å². The van der Waals surface area contributed by atoms with Crippen molar-refractivity contribution >= 4 is 24.1 Å². The van der Waals surface area contributed by atoms with Crippen LogP contribution in [0.4, 0.5) is 0 Å². The monoisotopic (exact) mass is 347 g/mol. The predicted molar refractivity (Wildman–Crippen MR) is 95.6 cm³/mol. The number of aromatic amines is 1. The number of nitrogens with one attached hydrogen (secondary N) is 2. The molecule has 4 N–H and O–H groups in total. The molecule has 0 aliphatic heterocycles. The quantitative estimate of drug-likeness (QED) is 0.701. The zero-order valence-corrected chi connectivity index (χ0v) is 14.4. The molecule has 0 saturated heterocycles. The normalized spacial score (nSPS) is 15.9. The molecular weight excluding hydrogens is 326 g/mol. The lowest BCUT2D eigenvalue weighted by atomic mass is 9.95. The summed E-state index contributed by atoms with van der Waals surface area (Å²) in [6.07, 6.45) is 5.59. The molecule has 0 spiro atoms. The van der Waals surface area contributed by atoms with Crippen molar-refractivity contribution in [1.29, 1.82) is 0 Å². The van der Waals surface area contributed by atoms with Gasteiger partial charge >= 0.3 is 0 Å². The number of carbonyl (C=O) groups excluding carboxylic acids is 2. The molecule has 1 aliphatic rings. The lowest BCUT2D eigenvalue weighted by Crippen LogP contribution is -2.53. The van der Waals surface area contributed by atoms with E-state index in [9.17, 15) is 9.59 Å². The number of halogens is 1. The molecule has 1 saturated carbocycles. The van der Waals surface area contributed by atoms with Gasteiger partial charge in [-0.25, -0.2) is 0 Å². The molecule has 5 nitrogen and oxygen atoms in total. The SMILES string of the molecule is CC(CN)(NC(=O)c1ccc(C(=O)c2cc[nH]c2)cc1)C1CC1.Cl. The Kier molecular flexibility index (Phi) is 5.47. The highest BCUT2D eigenvalue weighted by molar-refractivity contribution is 6.09. The minimum Gasteiger partial charge on any atom is -0.367 e. The highest BCUT2D eigenvalue weighted by Gasteiger charge is 2.41. The average molecular weight is 348 g/mol. The second-order valence-corrected chi connectivity index (χ2v) is 6.36. The van der Waals surface area contributed by atoms with Crippen LogP contribution in [-0.4, -0.2) is 28.8 Å². The summed E-state index contributed by atoms with van der Waals surface area (Å²) < 4.78 is 0. The van der Waals surface area contributed by atoms with Crippen LogP contribution in [0.25, 0.3) is 0 Å². The number of hydrogen-bond donors (Lipinski definition) is 3. The number of nitrogens with two attached hydrogens (primary N) is 1. The highest BCUT2D eigenvalue weighted by Crippen LogP contribution is 2.39. The van der Waals surface area contributed by atoms with Crippen molar-refractivity contribution in [1.82, 2.24) is 10.3 Å². The van der Waals surface area contributed by atoms with E-state index in [1.807, 2.05) is 6.92 Å². The van der Waals surface area contributed by atoms with E-state index >= 15 is 0 Å². The summed E-state index contributed by atoms with van der Waals surface area (Å²) in [5, 5.41) is 3.04. The summed E-state index contributed by atoms with van der Waals surface area (Å²) >= 11 is 0. The summed E-state index contributed by atoms with van der Waals surface area (Å²) in [6.45, 7) is 2.42.